The van der Waals surface area contributed by atoms with Crippen LogP contribution in [0, 0.1) is 5.92 Å². The van der Waals surface area contributed by atoms with Crippen LogP contribution in [0.4, 0.5) is 4.79 Å². The van der Waals surface area contributed by atoms with Gasteiger partial charge in [-0.15, -0.1) is 0 Å². The van der Waals surface area contributed by atoms with Crippen molar-refractivity contribution in [3.8, 4) is 0 Å². The second kappa shape index (κ2) is 14.2. The Morgan fingerprint density at radius 1 is 0.972 bits per heavy atom. The molecule has 0 aliphatic rings. The van der Waals surface area contributed by atoms with Crippen molar-refractivity contribution >= 4 is 17.9 Å². The van der Waals surface area contributed by atoms with Gasteiger partial charge in [0.1, 0.15) is 17.7 Å². The number of amides is 3. The normalized spacial score (nSPS) is 13.6. The molecule has 0 bridgehead atoms. The van der Waals surface area contributed by atoms with Crippen LogP contribution in [0.5, 0.6) is 0 Å². The number of nitrogens with zero attached hydrogens (tertiary/aromatic N) is 1. The fraction of sp³-hybridized carbons (Fsp3) is 0.690. The van der Waals surface area contributed by atoms with E-state index in [9.17, 15) is 14.4 Å². The van der Waals surface area contributed by atoms with Gasteiger partial charge in [-0.05, 0) is 65.4 Å². The summed E-state index contributed by atoms with van der Waals surface area (Å²) in [6.45, 7) is 18.0. The molecule has 0 heterocycles. The van der Waals surface area contributed by atoms with E-state index in [4.69, 9.17) is 4.74 Å². The number of nitrogens with one attached hydrogen (secondary N) is 2. The second-order valence-electron chi connectivity index (χ2n) is 11.5. The smallest absolute Gasteiger partial charge is 0.408 e. The Balaban J connectivity index is 3.49. The van der Waals surface area contributed by atoms with Gasteiger partial charge in [-0.3, -0.25) is 9.59 Å². The molecule has 7 nitrogen and oxygen atoms in total. The molecule has 0 aromatic heterocycles. The predicted molar refractivity (Wildman–Crippen MR) is 146 cm³/mol. The Kier molecular flexibility index (Phi) is 12.4. The van der Waals surface area contributed by atoms with E-state index in [1.54, 1.807) is 25.7 Å². The van der Waals surface area contributed by atoms with E-state index in [0.717, 1.165) is 24.8 Å². The van der Waals surface area contributed by atoms with E-state index < -0.39 is 29.3 Å². The first-order valence-electron chi connectivity index (χ1n) is 13.4. The molecule has 0 saturated carbocycles. The molecule has 0 fully saturated rings. The first-order chi connectivity index (χ1) is 16.7. The molecule has 1 aromatic rings. The highest BCUT2D eigenvalue weighted by atomic mass is 16.6. The third kappa shape index (κ3) is 10.2. The molecule has 204 valence electrons. The minimum Gasteiger partial charge on any atom is -0.444 e. The Morgan fingerprint density at radius 3 is 2.08 bits per heavy atom. The number of hydrogen-bond acceptors (Lipinski definition) is 4. The largest absolute Gasteiger partial charge is 0.444 e. The summed E-state index contributed by atoms with van der Waals surface area (Å²) in [7, 11) is 0. The highest BCUT2D eigenvalue weighted by molar-refractivity contribution is 5.92. The van der Waals surface area contributed by atoms with Crippen LogP contribution in [-0.4, -0.2) is 46.5 Å². The lowest BCUT2D eigenvalue weighted by Crippen LogP contribution is -2.59. The molecule has 2 N–H and O–H groups in total. The molecule has 0 aliphatic heterocycles. The predicted octanol–water partition coefficient (Wildman–Crippen LogP) is 5.99. The molecular weight excluding hydrogens is 454 g/mol. The lowest BCUT2D eigenvalue weighted by atomic mass is 9.91. The summed E-state index contributed by atoms with van der Waals surface area (Å²) in [6, 6.07) is 7.73. The maximum absolute atomic E-state index is 14.3. The monoisotopic (exact) mass is 503 g/mol. The molecule has 3 amide bonds. The zero-order valence-electron chi connectivity index (χ0n) is 23.9. The molecule has 36 heavy (non-hydrogen) atoms. The standard InChI is InChI=1S/C29H49N3O4/c1-10-12-16-19-30-25(33)24(22-17-14-13-15-18-22)32(29(8,9)11-2)26(34)23(20-21(3)4)31-27(35)36-28(5,6)7/h13-15,17-18,21,23-24H,10-12,16,19-20H2,1-9H3,(H,30,33)(H,31,35). The van der Waals surface area contributed by atoms with Crippen LogP contribution in [0.2, 0.25) is 0 Å². The minimum atomic E-state index is -0.829. The molecule has 0 aliphatic carbocycles. The van der Waals surface area contributed by atoms with Gasteiger partial charge in [0.05, 0.1) is 0 Å². The van der Waals surface area contributed by atoms with Gasteiger partial charge in [-0.1, -0.05) is 70.9 Å². The van der Waals surface area contributed by atoms with Crippen molar-refractivity contribution in [2.24, 2.45) is 5.92 Å². The maximum Gasteiger partial charge on any atom is 0.408 e. The zero-order valence-corrected chi connectivity index (χ0v) is 23.9. The van der Waals surface area contributed by atoms with Crippen molar-refractivity contribution in [2.45, 2.75) is 118 Å². The Morgan fingerprint density at radius 2 is 1.58 bits per heavy atom. The second-order valence-corrected chi connectivity index (χ2v) is 11.5. The highest BCUT2D eigenvalue weighted by Gasteiger charge is 2.43. The summed E-state index contributed by atoms with van der Waals surface area (Å²) in [6.07, 6.45) is 3.37. The van der Waals surface area contributed by atoms with Crippen molar-refractivity contribution in [3.63, 3.8) is 0 Å². The SMILES string of the molecule is CCCCCNC(=O)C(c1ccccc1)N(C(=O)C(CC(C)C)NC(=O)OC(C)(C)C)C(C)(C)CC. The van der Waals surface area contributed by atoms with Crippen LogP contribution in [0.1, 0.15) is 106 Å². The van der Waals surface area contributed by atoms with Crippen LogP contribution < -0.4 is 10.6 Å². The fourth-order valence-corrected chi connectivity index (χ4v) is 3.99. The van der Waals surface area contributed by atoms with Crippen molar-refractivity contribution in [1.29, 1.82) is 0 Å². The lowest BCUT2D eigenvalue weighted by molar-refractivity contribution is -0.149. The van der Waals surface area contributed by atoms with Crippen molar-refractivity contribution < 1.29 is 19.1 Å². The number of unbranched alkanes of at least 4 members (excludes halogenated alkanes) is 2. The first kappa shape index (κ1) is 31.5. The molecular formula is C29H49N3O4. The van der Waals surface area contributed by atoms with E-state index in [0.29, 0.717) is 19.4 Å². The summed E-state index contributed by atoms with van der Waals surface area (Å²) in [5, 5.41) is 5.86. The Bertz CT molecular complexity index is 831. The molecule has 0 spiro atoms. The number of ether oxygens (including phenoxy) is 1. The molecule has 0 radical (unpaired) electrons. The Labute approximate surface area is 218 Å². The van der Waals surface area contributed by atoms with Crippen molar-refractivity contribution in [2.75, 3.05) is 6.54 Å². The quantitative estimate of drug-likeness (QED) is 0.324. The maximum atomic E-state index is 14.3. The molecule has 7 heteroatoms. The van der Waals surface area contributed by atoms with Crippen molar-refractivity contribution in [3.05, 3.63) is 35.9 Å². The van der Waals surface area contributed by atoms with E-state index in [1.807, 2.05) is 65.0 Å². The fourth-order valence-electron chi connectivity index (χ4n) is 3.99. The highest BCUT2D eigenvalue weighted by Crippen LogP contribution is 2.32. The van der Waals surface area contributed by atoms with Gasteiger partial charge in [0.25, 0.3) is 0 Å². The summed E-state index contributed by atoms with van der Waals surface area (Å²) in [4.78, 5) is 42.3. The third-order valence-electron chi connectivity index (χ3n) is 6.15. The zero-order chi connectivity index (χ0) is 27.5. The minimum absolute atomic E-state index is 0.138. The molecule has 2 atom stereocenters. The van der Waals surface area contributed by atoms with E-state index in [1.165, 1.54) is 0 Å². The van der Waals surface area contributed by atoms with E-state index in [2.05, 4.69) is 17.6 Å². The number of alkyl carbamates (subject to hydrolysis) is 1. The average Bonchev–Trinajstić information content (AvgIpc) is 2.78. The van der Waals surface area contributed by atoms with Crippen LogP contribution in [0.3, 0.4) is 0 Å². The van der Waals surface area contributed by atoms with Gasteiger partial charge in [-0.2, -0.15) is 0 Å². The summed E-state index contributed by atoms with van der Waals surface area (Å²) < 4.78 is 5.46. The first-order valence-corrected chi connectivity index (χ1v) is 13.4. The summed E-state index contributed by atoms with van der Waals surface area (Å²) >= 11 is 0. The summed E-state index contributed by atoms with van der Waals surface area (Å²) in [5.74, 6) is -0.370. The average molecular weight is 504 g/mol. The molecule has 0 saturated heterocycles. The van der Waals surface area contributed by atoms with Crippen LogP contribution in [-0.2, 0) is 14.3 Å². The van der Waals surface area contributed by atoms with Gasteiger partial charge < -0.3 is 20.3 Å². The third-order valence-corrected chi connectivity index (χ3v) is 6.15. The number of carbonyl (C=O) groups is 3. The summed E-state index contributed by atoms with van der Waals surface area (Å²) in [5.41, 5.74) is -0.604. The van der Waals surface area contributed by atoms with Gasteiger partial charge in [0.15, 0.2) is 0 Å². The number of carbonyl (C=O) groups excluding carboxylic acids is 3. The number of rotatable bonds is 13. The van der Waals surface area contributed by atoms with Gasteiger partial charge in [-0.25, -0.2) is 4.79 Å². The van der Waals surface area contributed by atoms with Gasteiger partial charge in [0, 0.05) is 12.1 Å². The molecule has 2 unspecified atom stereocenters. The lowest BCUT2D eigenvalue weighted by Gasteiger charge is -2.44. The number of hydrogen-bond donors (Lipinski definition) is 2. The van der Waals surface area contributed by atoms with Crippen molar-refractivity contribution in [1.82, 2.24) is 15.5 Å². The van der Waals surface area contributed by atoms with Crippen LogP contribution in [0.25, 0.3) is 0 Å². The van der Waals surface area contributed by atoms with E-state index in [-0.39, 0.29) is 17.7 Å². The van der Waals surface area contributed by atoms with Crippen LogP contribution >= 0.6 is 0 Å². The molecule has 1 rings (SSSR count). The molecule has 1 aromatic carbocycles. The van der Waals surface area contributed by atoms with Crippen LogP contribution in [0.15, 0.2) is 30.3 Å². The Hall–Kier alpha value is -2.57. The van der Waals surface area contributed by atoms with Gasteiger partial charge in [0.2, 0.25) is 11.8 Å². The number of benzene rings is 1. The van der Waals surface area contributed by atoms with E-state index >= 15 is 0 Å². The topological polar surface area (TPSA) is 87.7 Å². The van der Waals surface area contributed by atoms with Gasteiger partial charge >= 0.3 is 6.09 Å².